The molecule has 0 N–H and O–H groups in total. The number of benzene rings is 2. The molecule has 0 spiro atoms. The maximum absolute atomic E-state index is 13.9. The van der Waals surface area contributed by atoms with Crippen LogP contribution in [0.3, 0.4) is 0 Å². The predicted molar refractivity (Wildman–Crippen MR) is 104 cm³/mol. The van der Waals surface area contributed by atoms with Crippen molar-refractivity contribution in [3.05, 3.63) is 63.5 Å². The van der Waals surface area contributed by atoms with E-state index >= 15 is 0 Å². The minimum Gasteiger partial charge on any atom is -0.493 e. The predicted octanol–water partition coefficient (Wildman–Crippen LogP) is 4.26. The largest absolute Gasteiger partial charge is 0.493 e. The van der Waals surface area contributed by atoms with E-state index in [9.17, 15) is 14.0 Å². The van der Waals surface area contributed by atoms with Gasteiger partial charge in [0.25, 0.3) is 0 Å². The highest BCUT2D eigenvalue weighted by molar-refractivity contribution is 9.10. The van der Waals surface area contributed by atoms with Gasteiger partial charge in [-0.05, 0) is 51.8 Å². The van der Waals surface area contributed by atoms with Gasteiger partial charge in [0.15, 0.2) is 17.2 Å². The molecular weight excluding hydrogens is 433 g/mol. The van der Waals surface area contributed by atoms with Crippen LogP contribution in [-0.2, 0) is 14.3 Å². The van der Waals surface area contributed by atoms with Gasteiger partial charge >= 0.3 is 11.9 Å². The fourth-order valence-corrected chi connectivity index (χ4v) is 2.97. The Hall–Kier alpha value is -3.00. The Morgan fingerprint density at radius 2 is 2.07 bits per heavy atom. The van der Waals surface area contributed by atoms with Crippen molar-refractivity contribution in [1.82, 2.24) is 0 Å². The lowest BCUT2D eigenvalue weighted by Gasteiger charge is -2.11. The highest BCUT2D eigenvalue weighted by atomic mass is 79.9. The third-order valence-corrected chi connectivity index (χ3v) is 4.37. The zero-order valence-corrected chi connectivity index (χ0v) is 16.6. The first-order valence-corrected chi connectivity index (χ1v) is 9.08. The molecule has 3 rings (SSSR count). The number of methoxy groups -OCH3 is 1. The maximum atomic E-state index is 13.9. The van der Waals surface area contributed by atoms with E-state index in [1.54, 1.807) is 25.1 Å². The first kappa shape index (κ1) is 19.8. The number of aliphatic imine (C=N–C) groups is 1. The Morgan fingerprint density at radius 1 is 1.32 bits per heavy atom. The van der Waals surface area contributed by atoms with E-state index < -0.39 is 17.8 Å². The first-order valence-electron chi connectivity index (χ1n) is 8.28. The molecule has 1 aliphatic heterocycles. The number of hydrogen-bond acceptors (Lipinski definition) is 6. The number of carbonyl (C=O) groups is 2. The van der Waals surface area contributed by atoms with Crippen LogP contribution >= 0.6 is 15.9 Å². The quantitative estimate of drug-likeness (QED) is 0.389. The molecule has 0 bridgehead atoms. The van der Waals surface area contributed by atoms with Gasteiger partial charge < -0.3 is 14.2 Å². The highest BCUT2D eigenvalue weighted by Crippen LogP contribution is 2.37. The number of rotatable bonds is 5. The molecule has 0 fully saturated rings. The van der Waals surface area contributed by atoms with Crippen LogP contribution in [0.2, 0.25) is 0 Å². The monoisotopic (exact) mass is 447 g/mol. The number of cyclic esters (lactones) is 1. The second-order valence-corrected chi connectivity index (χ2v) is 6.53. The lowest BCUT2D eigenvalue weighted by atomic mass is 10.1. The second-order valence-electron chi connectivity index (χ2n) is 5.68. The van der Waals surface area contributed by atoms with E-state index in [1.165, 1.54) is 31.4 Å². The number of halogens is 2. The van der Waals surface area contributed by atoms with Crippen molar-refractivity contribution in [2.75, 3.05) is 7.11 Å². The lowest BCUT2D eigenvalue weighted by Crippen LogP contribution is -2.07. The van der Waals surface area contributed by atoms with Gasteiger partial charge in [0.2, 0.25) is 5.90 Å². The van der Waals surface area contributed by atoms with Crippen LogP contribution < -0.4 is 9.47 Å². The summed E-state index contributed by atoms with van der Waals surface area (Å²) in [6, 6.07) is 9.10. The summed E-state index contributed by atoms with van der Waals surface area (Å²) in [4.78, 5) is 27.8. The normalized spacial score (nSPS) is 14.6. The number of hydrogen-bond donors (Lipinski definition) is 0. The fourth-order valence-electron chi connectivity index (χ4n) is 2.43. The summed E-state index contributed by atoms with van der Waals surface area (Å²) in [7, 11) is 1.43. The van der Waals surface area contributed by atoms with E-state index in [0.29, 0.717) is 15.8 Å². The Kier molecular flexibility index (Phi) is 5.89. The lowest BCUT2D eigenvalue weighted by molar-refractivity contribution is -0.134. The molecule has 6 nitrogen and oxygen atoms in total. The maximum Gasteiger partial charge on any atom is 0.363 e. The van der Waals surface area contributed by atoms with Gasteiger partial charge in [-0.1, -0.05) is 19.1 Å². The van der Waals surface area contributed by atoms with E-state index in [0.717, 1.165) is 0 Å². The summed E-state index contributed by atoms with van der Waals surface area (Å²) in [5.41, 5.74) is 0.649. The molecule has 0 atom stereocenters. The molecule has 2 aromatic carbocycles. The number of esters is 2. The molecule has 8 heteroatoms. The van der Waals surface area contributed by atoms with Crippen molar-refractivity contribution in [2.45, 2.75) is 13.3 Å². The number of carbonyl (C=O) groups excluding carboxylic acids is 2. The van der Waals surface area contributed by atoms with Gasteiger partial charge in [-0.2, -0.15) is 0 Å². The minimum atomic E-state index is -0.699. The smallest absolute Gasteiger partial charge is 0.363 e. The molecule has 0 saturated heterocycles. The van der Waals surface area contributed by atoms with Crippen LogP contribution in [0.1, 0.15) is 24.5 Å². The number of ether oxygens (including phenoxy) is 3. The summed E-state index contributed by atoms with van der Waals surface area (Å²) in [6.07, 6.45) is 1.68. The zero-order chi connectivity index (χ0) is 20.3. The molecular formula is C20H15BrFNO5. The van der Waals surface area contributed by atoms with Crippen LogP contribution in [0.5, 0.6) is 11.5 Å². The standard InChI is InChI=1S/C20H15BrFNO5/c1-3-17(24)27-18-13(21)8-11(10-16(18)26-2)9-15-20(25)28-19(23-15)12-6-4-5-7-14(12)22/h4-10H,3H2,1-2H3/b15-9-. The van der Waals surface area contributed by atoms with Gasteiger partial charge in [-0.15, -0.1) is 0 Å². The van der Waals surface area contributed by atoms with Gasteiger partial charge in [-0.3, -0.25) is 4.79 Å². The summed E-state index contributed by atoms with van der Waals surface area (Å²) >= 11 is 3.33. The third kappa shape index (κ3) is 4.12. The molecule has 0 amide bonds. The van der Waals surface area contributed by atoms with Crippen molar-refractivity contribution >= 4 is 39.8 Å². The Bertz CT molecular complexity index is 1020. The molecule has 0 saturated carbocycles. The molecule has 0 unspecified atom stereocenters. The number of nitrogens with zero attached hydrogens (tertiary/aromatic N) is 1. The topological polar surface area (TPSA) is 74.2 Å². The second kappa shape index (κ2) is 8.35. The van der Waals surface area contributed by atoms with Gasteiger partial charge in [0.1, 0.15) is 5.82 Å². The van der Waals surface area contributed by atoms with Crippen LogP contribution in [0, 0.1) is 5.82 Å². The first-order chi connectivity index (χ1) is 13.4. The van der Waals surface area contributed by atoms with Crippen molar-refractivity contribution in [1.29, 1.82) is 0 Å². The minimum absolute atomic E-state index is 0.00510. The van der Waals surface area contributed by atoms with Crippen LogP contribution in [-0.4, -0.2) is 24.9 Å². The average molecular weight is 448 g/mol. The van der Waals surface area contributed by atoms with E-state index in [4.69, 9.17) is 14.2 Å². The van der Waals surface area contributed by atoms with Gasteiger partial charge in [0, 0.05) is 6.42 Å². The Labute approximate surface area is 168 Å². The van der Waals surface area contributed by atoms with Crippen molar-refractivity contribution in [3.63, 3.8) is 0 Å². The fraction of sp³-hybridized carbons (Fsp3) is 0.150. The molecule has 0 aliphatic carbocycles. The van der Waals surface area contributed by atoms with Gasteiger partial charge in [0.05, 0.1) is 17.1 Å². The Balaban J connectivity index is 1.97. The SMILES string of the molecule is CCC(=O)Oc1c(Br)cc(/C=C2\N=C(c3ccccc3F)OC2=O)cc1OC. The molecule has 1 heterocycles. The molecule has 1 aliphatic rings. The highest BCUT2D eigenvalue weighted by Gasteiger charge is 2.26. The van der Waals surface area contributed by atoms with Crippen LogP contribution in [0.15, 0.2) is 51.6 Å². The zero-order valence-electron chi connectivity index (χ0n) is 15.0. The van der Waals surface area contributed by atoms with Crippen LogP contribution in [0.4, 0.5) is 4.39 Å². The van der Waals surface area contributed by atoms with Crippen molar-refractivity contribution in [2.24, 2.45) is 4.99 Å². The third-order valence-electron chi connectivity index (χ3n) is 3.78. The van der Waals surface area contributed by atoms with Crippen LogP contribution in [0.25, 0.3) is 6.08 Å². The van der Waals surface area contributed by atoms with E-state index in [2.05, 4.69) is 20.9 Å². The summed E-state index contributed by atoms with van der Waals surface area (Å²) < 4.78 is 30.0. The average Bonchev–Trinajstić information content (AvgIpc) is 3.03. The van der Waals surface area contributed by atoms with Crippen molar-refractivity contribution < 1.29 is 28.2 Å². The summed E-state index contributed by atoms with van der Waals surface area (Å²) in [5.74, 6) is -1.22. The molecule has 0 radical (unpaired) electrons. The Morgan fingerprint density at radius 3 is 2.75 bits per heavy atom. The molecule has 2 aromatic rings. The molecule has 144 valence electrons. The van der Waals surface area contributed by atoms with Gasteiger partial charge in [-0.25, -0.2) is 14.2 Å². The van der Waals surface area contributed by atoms with E-state index in [-0.39, 0.29) is 29.3 Å². The van der Waals surface area contributed by atoms with Crippen molar-refractivity contribution in [3.8, 4) is 11.5 Å². The summed E-state index contributed by atoms with van der Waals surface area (Å²) in [5, 5.41) is 0. The molecule has 28 heavy (non-hydrogen) atoms. The van der Waals surface area contributed by atoms with E-state index in [1.807, 2.05) is 0 Å². The molecule has 0 aromatic heterocycles. The summed E-state index contributed by atoms with van der Waals surface area (Å²) in [6.45, 7) is 1.68.